The number of aliphatic hydroxyl groups is 1. The van der Waals surface area contributed by atoms with Gasteiger partial charge < -0.3 is 5.11 Å². The Balaban J connectivity index is 2.12. The van der Waals surface area contributed by atoms with Crippen LogP contribution in [0.2, 0.25) is 5.28 Å². The van der Waals surface area contributed by atoms with Crippen molar-refractivity contribution in [3.8, 4) is 0 Å². The van der Waals surface area contributed by atoms with Crippen molar-refractivity contribution in [2.45, 2.75) is 30.8 Å². The third kappa shape index (κ3) is 3.22. The summed E-state index contributed by atoms with van der Waals surface area (Å²) in [6, 6.07) is 0. The van der Waals surface area contributed by atoms with Gasteiger partial charge in [-0.05, 0) is 37.3 Å². The van der Waals surface area contributed by atoms with E-state index in [1.54, 1.807) is 6.92 Å². The first-order valence-corrected chi connectivity index (χ1v) is 7.89. The maximum atomic E-state index is 12.3. The molecular formula is C11H16ClN3O3S. The van der Waals surface area contributed by atoms with Crippen LogP contribution in [0.5, 0.6) is 0 Å². The van der Waals surface area contributed by atoms with Gasteiger partial charge in [-0.15, -0.1) is 0 Å². The molecule has 1 fully saturated rings. The molecule has 19 heavy (non-hydrogen) atoms. The fraction of sp³-hybridized carbons (Fsp3) is 0.636. The van der Waals surface area contributed by atoms with Gasteiger partial charge in [0, 0.05) is 13.1 Å². The zero-order chi connectivity index (χ0) is 14.0. The Morgan fingerprint density at radius 1 is 1.37 bits per heavy atom. The number of hydrogen-bond donors (Lipinski definition) is 1. The second kappa shape index (κ2) is 5.70. The summed E-state index contributed by atoms with van der Waals surface area (Å²) in [7, 11) is -3.56. The maximum Gasteiger partial charge on any atom is 0.246 e. The standard InChI is InChI=1S/C11H16ClN3O3S/c1-8(16)9-2-4-15(5-3-9)19(17,18)10-6-13-11(12)14-7-10/h6-9,16H,2-5H2,1H3. The predicted molar refractivity (Wildman–Crippen MR) is 70.2 cm³/mol. The molecule has 1 saturated heterocycles. The summed E-state index contributed by atoms with van der Waals surface area (Å²) in [6.07, 6.45) is 3.34. The zero-order valence-corrected chi connectivity index (χ0v) is 12.1. The second-order valence-electron chi connectivity index (χ2n) is 4.67. The van der Waals surface area contributed by atoms with Crippen LogP contribution in [0.25, 0.3) is 0 Å². The van der Waals surface area contributed by atoms with Crippen molar-refractivity contribution in [2.24, 2.45) is 5.92 Å². The fourth-order valence-corrected chi connectivity index (χ4v) is 3.64. The van der Waals surface area contributed by atoms with Crippen LogP contribution >= 0.6 is 11.6 Å². The molecule has 0 amide bonds. The quantitative estimate of drug-likeness (QED) is 0.839. The van der Waals surface area contributed by atoms with E-state index < -0.39 is 16.1 Å². The van der Waals surface area contributed by atoms with E-state index in [-0.39, 0.29) is 16.1 Å². The largest absolute Gasteiger partial charge is 0.393 e. The van der Waals surface area contributed by atoms with Crippen molar-refractivity contribution >= 4 is 21.6 Å². The summed E-state index contributed by atoms with van der Waals surface area (Å²) in [6.45, 7) is 2.54. The molecule has 8 heteroatoms. The topological polar surface area (TPSA) is 83.4 Å². The Morgan fingerprint density at radius 3 is 2.37 bits per heavy atom. The number of aromatic nitrogens is 2. The van der Waals surface area contributed by atoms with Gasteiger partial charge in [0.25, 0.3) is 0 Å². The molecule has 0 radical (unpaired) electrons. The first-order valence-electron chi connectivity index (χ1n) is 6.07. The molecule has 1 atom stereocenters. The molecule has 6 nitrogen and oxygen atoms in total. The van der Waals surface area contributed by atoms with Gasteiger partial charge >= 0.3 is 0 Å². The van der Waals surface area contributed by atoms with E-state index in [1.807, 2.05) is 0 Å². The molecule has 0 bridgehead atoms. The summed E-state index contributed by atoms with van der Waals surface area (Å²) in [5.41, 5.74) is 0. The van der Waals surface area contributed by atoms with E-state index in [4.69, 9.17) is 11.6 Å². The van der Waals surface area contributed by atoms with Crippen molar-refractivity contribution in [3.63, 3.8) is 0 Å². The third-order valence-electron chi connectivity index (χ3n) is 3.42. The van der Waals surface area contributed by atoms with E-state index in [2.05, 4.69) is 9.97 Å². The molecule has 1 unspecified atom stereocenters. The van der Waals surface area contributed by atoms with Crippen LogP contribution in [0.3, 0.4) is 0 Å². The van der Waals surface area contributed by atoms with Crippen LogP contribution in [-0.2, 0) is 10.0 Å². The molecule has 0 spiro atoms. The van der Waals surface area contributed by atoms with Crippen molar-refractivity contribution in [1.82, 2.24) is 14.3 Å². The molecule has 0 aliphatic carbocycles. The van der Waals surface area contributed by atoms with Crippen LogP contribution in [0.1, 0.15) is 19.8 Å². The number of hydrogen-bond acceptors (Lipinski definition) is 5. The lowest BCUT2D eigenvalue weighted by atomic mass is 9.93. The number of aliphatic hydroxyl groups excluding tert-OH is 1. The number of piperidine rings is 1. The first kappa shape index (κ1) is 14.6. The van der Waals surface area contributed by atoms with Gasteiger partial charge in [0.05, 0.1) is 18.5 Å². The molecule has 2 heterocycles. The SMILES string of the molecule is CC(O)C1CCN(S(=O)(=O)c2cnc(Cl)nc2)CC1. The van der Waals surface area contributed by atoms with Crippen LogP contribution < -0.4 is 0 Å². The van der Waals surface area contributed by atoms with Crippen molar-refractivity contribution < 1.29 is 13.5 Å². The van der Waals surface area contributed by atoms with Crippen molar-refractivity contribution in [3.05, 3.63) is 17.7 Å². The third-order valence-corrected chi connectivity index (χ3v) is 5.46. The molecule has 1 aliphatic heterocycles. The second-order valence-corrected chi connectivity index (χ2v) is 6.95. The van der Waals surface area contributed by atoms with Gasteiger partial charge in [0.1, 0.15) is 4.90 Å². The van der Waals surface area contributed by atoms with E-state index in [9.17, 15) is 13.5 Å². The van der Waals surface area contributed by atoms with Gasteiger partial charge in [0.2, 0.25) is 15.3 Å². The summed E-state index contributed by atoms with van der Waals surface area (Å²) >= 11 is 5.54. The highest BCUT2D eigenvalue weighted by molar-refractivity contribution is 7.89. The van der Waals surface area contributed by atoms with Gasteiger partial charge in [-0.1, -0.05) is 0 Å². The fourth-order valence-electron chi connectivity index (χ4n) is 2.18. The van der Waals surface area contributed by atoms with E-state index in [0.29, 0.717) is 25.9 Å². The van der Waals surface area contributed by atoms with Crippen LogP contribution in [0.15, 0.2) is 17.3 Å². The molecule has 1 aromatic rings. The Labute approximate surface area is 117 Å². The Morgan fingerprint density at radius 2 is 1.89 bits per heavy atom. The molecule has 1 aromatic heterocycles. The highest BCUT2D eigenvalue weighted by Gasteiger charge is 2.31. The minimum atomic E-state index is -3.56. The number of sulfonamides is 1. The van der Waals surface area contributed by atoms with Crippen LogP contribution in [-0.4, -0.2) is 47.0 Å². The Hall–Kier alpha value is -0.760. The van der Waals surface area contributed by atoms with Crippen molar-refractivity contribution in [2.75, 3.05) is 13.1 Å². The molecule has 2 rings (SSSR count). The monoisotopic (exact) mass is 305 g/mol. The zero-order valence-electron chi connectivity index (χ0n) is 10.5. The maximum absolute atomic E-state index is 12.3. The summed E-state index contributed by atoms with van der Waals surface area (Å²) in [5, 5.41) is 9.53. The van der Waals surface area contributed by atoms with Gasteiger partial charge in [-0.25, -0.2) is 18.4 Å². The number of rotatable bonds is 3. The first-order chi connectivity index (χ1) is 8.91. The highest BCUT2D eigenvalue weighted by atomic mass is 35.5. The summed E-state index contributed by atoms with van der Waals surface area (Å²) in [4.78, 5) is 7.43. The normalized spacial score (nSPS) is 20.4. The predicted octanol–water partition coefficient (Wildman–Crippen LogP) is 0.912. The van der Waals surface area contributed by atoms with Gasteiger partial charge in [-0.2, -0.15) is 4.31 Å². The minimum Gasteiger partial charge on any atom is -0.393 e. The lowest BCUT2D eigenvalue weighted by Gasteiger charge is -2.32. The van der Waals surface area contributed by atoms with Gasteiger partial charge in [0.15, 0.2) is 0 Å². The lowest BCUT2D eigenvalue weighted by Crippen LogP contribution is -2.40. The van der Waals surface area contributed by atoms with E-state index >= 15 is 0 Å². The van der Waals surface area contributed by atoms with Crippen molar-refractivity contribution in [1.29, 1.82) is 0 Å². The van der Waals surface area contributed by atoms with E-state index in [1.165, 1.54) is 16.7 Å². The number of nitrogens with zero attached hydrogens (tertiary/aromatic N) is 3. The summed E-state index contributed by atoms with van der Waals surface area (Å²) in [5.74, 6) is 0.160. The van der Waals surface area contributed by atoms with Crippen LogP contribution in [0, 0.1) is 5.92 Å². The molecule has 1 N–H and O–H groups in total. The molecule has 106 valence electrons. The smallest absolute Gasteiger partial charge is 0.246 e. The van der Waals surface area contributed by atoms with Gasteiger partial charge in [-0.3, -0.25) is 0 Å². The summed E-state index contributed by atoms with van der Waals surface area (Å²) < 4.78 is 26.0. The highest BCUT2D eigenvalue weighted by Crippen LogP contribution is 2.25. The number of halogens is 1. The Kier molecular flexibility index (Phi) is 4.39. The molecule has 1 aliphatic rings. The molecular weight excluding hydrogens is 290 g/mol. The minimum absolute atomic E-state index is 0.0202. The molecule has 0 aromatic carbocycles. The average molecular weight is 306 g/mol. The van der Waals surface area contributed by atoms with E-state index in [0.717, 1.165) is 0 Å². The molecule has 0 saturated carbocycles. The van der Waals surface area contributed by atoms with Crippen LogP contribution in [0.4, 0.5) is 0 Å². The lowest BCUT2D eigenvalue weighted by molar-refractivity contribution is 0.0912. The Bertz CT molecular complexity index is 525. The average Bonchev–Trinajstić information content (AvgIpc) is 2.39.